The smallest absolute Gasteiger partial charge is 0.229 e. The molecule has 0 saturated heterocycles. The van der Waals surface area contributed by atoms with Crippen LogP contribution in [0, 0.1) is 5.92 Å². The van der Waals surface area contributed by atoms with Crippen LogP contribution in [0.2, 0.25) is 0 Å². The number of amides is 1. The van der Waals surface area contributed by atoms with Crippen LogP contribution >= 0.6 is 12.4 Å². The monoisotopic (exact) mass is 310 g/mol. The topological polar surface area (TPSA) is 55.6 Å². The molecule has 3 rings (SSSR count). The van der Waals surface area contributed by atoms with Gasteiger partial charge in [0.2, 0.25) is 5.91 Å². The molecule has 1 saturated carbocycles. The number of nitrogens with two attached hydrogens (primary N) is 1. The van der Waals surface area contributed by atoms with E-state index in [-0.39, 0.29) is 18.3 Å². The van der Waals surface area contributed by atoms with Crippen molar-refractivity contribution in [3.8, 4) is 0 Å². The molecule has 1 aromatic rings. The summed E-state index contributed by atoms with van der Waals surface area (Å²) in [5.41, 5.74) is 8.91. The molecule has 0 unspecified atom stereocenters. The Morgan fingerprint density at radius 3 is 2.95 bits per heavy atom. The normalized spacial score (nSPS) is 17.0. The van der Waals surface area contributed by atoms with Gasteiger partial charge in [-0.1, -0.05) is 6.07 Å². The first-order valence-corrected chi connectivity index (χ1v) is 7.51. The number of anilines is 2. The third kappa shape index (κ3) is 3.89. The van der Waals surface area contributed by atoms with Crippen molar-refractivity contribution in [3.63, 3.8) is 0 Å². The van der Waals surface area contributed by atoms with Gasteiger partial charge >= 0.3 is 0 Å². The molecule has 21 heavy (non-hydrogen) atoms. The summed E-state index contributed by atoms with van der Waals surface area (Å²) in [6.07, 6.45) is 4.97. The van der Waals surface area contributed by atoms with Gasteiger partial charge in [-0.05, 0) is 49.3 Å². The lowest BCUT2D eigenvalue weighted by molar-refractivity contribution is -0.119. The van der Waals surface area contributed by atoms with E-state index in [1.54, 1.807) is 0 Å². The van der Waals surface area contributed by atoms with Crippen LogP contribution in [0.5, 0.6) is 0 Å². The predicted molar refractivity (Wildman–Crippen MR) is 86.9 cm³/mol. The minimum Gasteiger partial charge on any atom is -0.398 e. The second kappa shape index (κ2) is 7.14. The Balaban J connectivity index is 0.00000161. The van der Waals surface area contributed by atoms with Crippen molar-refractivity contribution in [2.24, 2.45) is 5.92 Å². The summed E-state index contributed by atoms with van der Waals surface area (Å²) in [6, 6.07) is 5.82. The highest BCUT2D eigenvalue weighted by molar-refractivity contribution is 5.95. The van der Waals surface area contributed by atoms with Gasteiger partial charge in [0, 0.05) is 24.5 Å². The van der Waals surface area contributed by atoms with Crippen LogP contribution in [0.25, 0.3) is 0 Å². The number of hydrogen-bond donors (Lipinski definition) is 1. The maximum atomic E-state index is 12.3. The van der Waals surface area contributed by atoms with Gasteiger partial charge in [0.05, 0.1) is 13.0 Å². The summed E-state index contributed by atoms with van der Waals surface area (Å²) in [4.78, 5) is 14.2. The summed E-state index contributed by atoms with van der Waals surface area (Å²) in [7, 11) is 0. The zero-order chi connectivity index (χ0) is 13.9. The van der Waals surface area contributed by atoms with E-state index >= 15 is 0 Å². The molecule has 0 radical (unpaired) electrons. The average molecular weight is 311 g/mol. The maximum absolute atomic E-state index is 12.3. The van der Waals surface area contributed by atoms with E-state index in [1.807, 2.05) is 23.1 Å². The molecule has 1 aliphatic heterocycles. The Hall–Kier alpha value is -1.26. The first kappa shape index (κ1) is 16.1. The molecular weight excluding hydrogens is 288 g/mol. The highest BCUT2D eigenvalue weighted by Gasteiger charge is 2.24. The Kier molecular flexibility index (Phi) is 5.48. The summed E-state index contributed by atoms with van der Waals surface area (Å²) in [6.45, 7) is 2.14. The van der Waals surface area contributed by atoms with Crippen LogP contribution in [0.4, 0.5) is 11.4 Å². The molecule has 0 atom stereocenters. The van der Waals surface area contributed by atoms with E-state index in [4.69, 9.17) is 10.5 Å². The lowest BCUT2D eigenvalue weighted by atomic mass is 9.99. The number of carbonyl (C=O) groups excluding carboxylic acids is 1. The van der Waals surface area contributed by atoms with Gasteiger partial charge in [-0.3, -0.25) is 4.79 Å². The van der Waals surface area contributed by atoms with E-state index in [9.17, 15) is 4.79 Å². The van der Waals surface area contributed by atoms with Gasteiger partial charge in [0.25, 0.3) is 0 Å². The zero-order valence-electron chi connectivity index (χ0n) is 12.2. The van der Waals surface area contributed by atoms with E-state index in [0.29, 0.717) is 13.0 Å². The lowest BCUT2D eigenvalue weighted by Crippen LogP contribution is -2.36. The van der Waals surface area contributed by atoms with Crippen molar-refractivity contribution < 1.29 is 9.53 Å². The van der Waals surface area contributed by atoms with Crippen LogP contribution in [0.3, 0.4) is 0 Å². The molecule has 1 amide bonds. The minimum atomic E-state index is 0. The Bertz CT molecular complexity index is 503. The molecule has 0 bridgehead atoms. The molecule has 1 heterocycles. The first-order valence-electron chi connectivity index (χ1n) is 7.51. The number of hydrogen-bond acceptors (Lipinski definition) is 3. The molecular formula is C16H23ClN2O2. The molecule has 0 spiro atoms. The summed E-state index contributed by atoms with van der Waals surface area (Å²) in [5, 5.41) is 0. The summed E-state index contributed by atoms with van der Waals surface area (Å²) in [5.74, 6) is 0.896. The van der Waals surface area contributed by atoms with Crippen molar-refractivity contribution >= 4 is 29.7 Å². The van der Waals surface area contributed by atoms with Crippen LogP contribution in [-0.2, 0) is 16.0 Å². The third-order valence-electron chi connectivity index (χ3n) is 4.10. The zero-order valence-corrected chi connectivity index (χ0v) is 13.0. The van der Waals surface area contributed by atoms with Crippen molar-refractivity contribution in [1.29, 1.82) is 0 Å². The minimum absolute atomic E-state index is 0. The largest absolute Gasteiger partial charge is 0.398 e. The number of carbonyl (C=O) groups is 1. The number of benzene rings is 1. The van der Waals surface area contributed by atoms with Gasteiger partial charge in [-0.15, -0.1) is 12.4 Å². The predicted octanol–water partition coefficient (Wildman–Crippen LogP) is 2.79. The van der Waals surface area contributed by atoms with Crippen molar-refractivity contribution in [2.75, 3.05) is 30.4 Å². The van der Waals surface area contributed by atoms with Crippen LogP contribution in [0.1, 0.15) is 31.2 Å². The van der Waals surface area contributed by atoms with Crippen LogP contribution < -0.4 is 10.6 Å². The van der Waals surface area contributed by atoms with Gasteiger partial charge in [-0.2, -0.15) is 0 Å². The second-order valence-electron chi connectivity index (χ2n) is 5.76. The van der Waals surface area contributed by atoms with Crippen molar-refractivity contribution in [2.45, 2.75) is 32.1 Å². The summed E-state index contributed by atoms with van der Waals surface area (Å²) >= 11 is 0. The molecule has 5 heteroatoms. The number of ether oxygens (including phenoxy) is 1. The number of rotatable bonds is 5. The second-order valence-corrected chi connectivity index (χ2v) is 5.76. The van der Waals surface area contributed by atoms with E-state index < -0.39 is 0 Å². The van der Waals surface area contributed by atoms with Crippen LogP contribution in [-0.4, -0.2) is 25.7 Å². The summed E-state index contributed by atoms with van der Waals surface area (Å²) < 4.78 is 5.56. The molecule has 1 aliphatic carbocycles. The van der Waals surface area contributed by atoms with Gasteiger partial charge in [-0.25, -0.2) is 0 Å². The fraction of sp³-hybridized carbons (Fsp3) is 0.562. The van der Waals surface area contributed by atoms with Crippen molar-refractivity contribution in [1.82, 2.24) is 0 Å². The van der Waals surface area contributed by atoms with Gasteiger partial charge in [0.1, 0.15) is 0 Å². The SMILES string of the molecule is Cl.Nc1cccc2c1CCCN2C(=O)CCOCC1CC1. The molecule has 0 aromatic heterocycles. The average Bonchev–Trinajstić information content (AvgIpc) is 3.27. The number of nitrogen functional groups attached to an aromatic ring is 1. The number of halogens is 1. The van der Waals surface area contributed by atoms with Gasteiger partial charge < -0.3 is 15.4 Å². The maximum Gasteiger partial charge on any atom is 0.229 e. The molecule has 116 valence electrons. The Morgan fingerprint density at radius 1 is 1.38 bits per heavy atom. The molecule has 1 fully saturated rings. The highest BCUT2D eigenvalue weighted by atomic mass is 35.5. The Labute approximate surface area is 132 Å². The molecule has 2 N–H and O–H groups in total. The fourth-order valence-electron chi connectivity index (χ4n) is 2.74. The van der Waals surface area contributed by atoms with Gasteiger partial charge in [0.15, 0.2) is 0 Å². The van der Waals surface area contributed by atoms with Crippen molar-refractivity contribution in [3.05, 3.63) is 23.8 Å². The fourth-order valence-corrected chi connectivity index (χ4v) is 2.74. The Morgan fingerprint density at radius 2 is 2.19 bits per heavy atom. The van der Waals surface area contributed by atoms with E-state index in [1.165, 1.54) is 12.8 Å². The molecule has 2 aliphatic rings. The third-order valence-corrected chi connectivity index (χ3v) is 4.10. The van der Waals surface area contributed by atoms with E-state index in [2.05, 4.69) is 0 Å². The highest BCUT2D eigenvalue weighted by Crippen LogP contribution is 2.32. The quantitative estimate of drug-likeness (QED) is 0.672. The van der Waals surface area contributed by atoms with Crippen LogP contribution in [0.15, 0.2) is 18.2 Å². The number of fused-ring (bicyclic) bond motifs is 1. The molecule has 4 nitrogen and oxygen atoms in total. The standard InChI is InChI=1S/C16H22N2O2.ClH/c17-14-4-1-5-15-13(14)3-2-9-18(15)16(19)8-10-20-11-12-6-7-12;/h1,4-5,12H,2-3,6-11,17H2;1H. The number of nitrogens with zero attached hydrogens (tertiary/aromatic N) is 1. The lowest BCUT2D eigenvalue weighted by Gasteiger charge is -2.30. The first-order chi connectivity index (χ1) is 9.75. The molecule has 1 aromatic carbocycles. The van der Waals surface area contributed by atoms with E-state index in [0.717, 1.165) is 48.8 Å².